The first kappa shape index (κ1) is 20.4. The van der Waals surface area contributed by atoms with Crippen LogP contribution in [0.5, 0.6) is 0 Å². The van der Waals surface area contributed by atoms with Crippen molar-refractivity contribution in [1.82, 2.24) is 29.7 Å². The van der Waals surface area contributed by atoms with Crippen LogP contribution in [-0.2, 0) is 7.05 Å². The number of halogens is 1. The van der Waals surface area contributed by atoms with Crippen LogP contribution in [0.2, 0.25) is 0 Å². The van der Waals surface area contributed by atoms with Crippen molar-refractivity contribution in [2.75, 3.05) is 23.3 Å². The molecule has 0 radical (unpaired) electrons. The van der Waals surface area contributed by atoms with Crippen molar-refractivity contribution in [2.45, 2.75) is 32.9 Å². The van der Waals surface area contributed by atoms with Gasteiger partial charge in [0.25, 0.3) is 5.91 Å². The Balaban J connectivity index is 1.50. The van der Waals surface area contributed by atoms with Gasteiger partial charge in [0, 0.05) is 50.7 Å². The van der Waals surface area contributed by atoms with Gasteiger partial charge in [0.05, 0.1) is 22.6 Å². The Labute approximate surface area is 184 Å². The van der Waals surface area contributed by atoms with E-state index in [0.29, 0.717) is 34.5 Å². The van der Waals surface area contributed by atoms with E-state index in [-0.39, 0.29) is 11.6 Å². The zero-order valence-corrected chi connectivity index (χ0v) is 18.4. The van der Waals surface area contributed by atoms with Crippen molar-refractivity contribution < 1.29 is 9.18 Å². The molecule has 32 heavy (non-hydrogen) atoms. The minimum Gasteiger partial charge on any atom is -0.367 e. The molecule has 166 valence electrons. The minimum absolute atomic E-state index is 0.223. The number of carbonyl (C=O) groups excluding carboxylic acids is 1. The van der Waals surface area contributed by atoms with Crippen molar-refractivity contribution in [3.05, 3.63) is 47.7 Å². The molecule has 4 aromatic rings. The maximum absolute atomic E-state index is 14.4. The molecule has 0 aliphatic carbocycles. The second-order valence-corrected chi connectivity index (χ2v) is 8.56. The lowest BCUT2D eigenvalue weighted by Crippen LogP contribution is -2.54. The summed E-state index contributed by atoms with van der Waals surface area (Å²) >= 11 is 0. The lowest BCUT2D eigenvalue weighted by Gasteiger charge is -2.38. The highest BCUT2D eigenvalue weighted by molar-refractivity contribution is 6.13. The van der Waals surface area contributed by atoms with Crippen LogP contribution in [0.15, 0.2) is 30.6 Å². The van der Waals surface area contributed by atoms with Crippen LogP contribution < -0.4 is 15.5 Å². The number of hydrogen-bond donors (Lipinski definition) is 2. The molecule has 1 fully saturated rings. The fourth-order valence-electron chi connectivity index (χ4n) is 4.55. The highest BCUT2D eigenvalue weighted by atomic mass is 19.1. The number of anilines is 2. The van der Waals surface area contributed by atoms with Crippen LogP contribution >= 0.6 is 0 Å². The second kappa shape index (κ2) is 7.56. The van der Waals surface area contributed by atoms with E-state index >= 15 is 0 Å². The molecule has 0 bridgehead atoms. The predicted octanol–water partition coefficient (Wildman–Crippen LogP) is 2.50. The highest BCUT2D eigenvalue weighted by Crippen LogP contribution is 2.30. The van der Waals surface area contributed by atoms with E-state index in [9.17, 15) is 9.18 Å². The van der Waals surface area contributed by atoms with Crippen LogP contribution in [0.3, 0.4) is 0 Å². The molecular formula is C22H25FN8O. The molecule has 1 saturated heterocycles. The largest absolute Gasteiger partial charge is 0.367 e. The highest BCUT2D eigenvalue weighted by Gasteiger charge is 2.26. The summed E-state index contributed by atoms with van der Waals surface area (Å²) in [6.07, 6.45) is 3.35. The van der Waals surface area contributed by atoms with Crippen molar-refractivity contribution in [1.29, 1.82) is 0 Å². The van der Waals surface area contributed by atoms with Gasteiger partial charge < -0.3 is 19.9 Å². The van der Waals surface area contributed by atoms with E-state index in [1.54, 1.807) is 34.5 Å². The van der Waals surface area contributed by atoms with Crippen molar-refractivity contribution in [2.24, 2.45) is 7.05 Å². The smallest absolute Gasteiger partial charge is 0.258 e. The van der Waals surface area contributed by atoms with Gasteiger partial charge in [-0.25, -0.2) is 14.1 Å². The van der Waals surface area contributed by atoms with E-state index in [4.69, 9.17) is 0 Å². The number of piperazine rings is 1. The van der Waals surface area contributed by atoms with Gasteiger partial charge >= 0.3 is 0 Å². The Bertz CT molecular complexity index is 1330. The standard InChI is InChI=1S/C22H25FN8O/c1-12-8-30(9-13(2)24-12)18-6-5-16(19-20(18)29(4)28-27-19)22(32)26-15-7-17(23)21-25-14(3)10-31(21)11-15/h5-7,10-13,24H,8-9H2,1-4H3,(H,26,32)/t12-,13+. The van der Waals surface area contributed by atoms with E-state index in [1.807, 2.05) is 13.1 Å². The molecule has 0 saturated carbocycles. The summed E-state index contributed by atoms with van der Waals surface area (Å²) in [6.45, 7) is 7.79. The van der Waals surface area contributed by atoms with Gasteiger partial charge in [0.1, 0.15) is 11.0 Å². The van der Waals surface area contributed by atoms with E-state index < -0.39 is 5.82 Å². The van der Waals surface area contributed by atoms with Crippen LogP contribution in [0.25, 0.3) is 16.7 Å². The van der Waals surface area contributed by atoms with E-state index in [1.165, 1.54) is 6.07 Å². The number of nitrogens with zero attached hydrogens (tertiary/aromatic N) is 6. The molecule has 1 aliphatic rings. The molecule has 5 rings (SSSR count). The molecule has 4 heterocycles. The number of hydrogen-bond acceptors (Lipinski definition) is 6. The molecule has 1 amide bonds. The topological polar surface area (TPSA) is 92.4 Å². The number of nitrogens with one attached hydrogen (secondary N) is 2. The Morgan fingerprint density at radius 3 is 2.72 bits per heavy atom. The Kier molecular flexibility index (Phi) is 4.81. The molecule has 1 aliphatic heterocycles. The molecule has 0 unspecified atom stereocenters. The van der Waals surface area contributed by atoms with Crippen molar-refractivity contribution in [3.63, 3.8) is 0 Å². The van der Waals surface area contributed by atoms with Gasteiger partial charge in [-0.3, -0.25) is 4.79 Å². The number of aryl methyl sites for hydroxylation is 2. The van der Waals surface area contributed by atoms with Gasteiger partial charge in [-0.05, 0) is 32.9 Å². The zero-order chi connectivity index (χ0) is 22.6. The molecule has 9 nitrogen and oxygen atoms in total. The third-order valence-corrected chi connectivity index (χ3v) is 5.76. The number of pyridine rings is 1. The summed E-state index contributed by atoms with van der Waals surface area (Å²) in [7, 11) is 1.82. The van der Waals surface area contributed by atoms with Crippen LogP contribution in [0.4, 0.5) is 15.8 Å². The first-order valence-corrected chi connectivity index (χ1v) is 10.6. The first-order valence-electron chi connectivity index (χ1n) is 10.6. The fourth-order valence-corrected chi connectivity index (χ4v) is 4.55. The normalized spacial score (nSPS) is 19.1. The number of fused-ring (bicyclic) bond motifs is 2. The molecule has 0 spiro atoms. The van der Waals surface area contributed by atoms with Crippen molar-refractivity contribution in [3.8, 4) is 0 Å². The summed E-state index contributed by atoms with van der Waals surface area (Å²) in [6, 6.07) is 5.65. The molecule has 1 aromatic carbocycles. The number of aromatic nitrogens is 5. The number of imidazole rings is 1. The quantitative estimate of drug-likeness (QED) is 0.513. The number of rotatable bonds is 3. The lowest BCUT2D eigenvalue weighted by atomic mass is 10.1. The third kappa shape index (κ3) is 3.46. The summed E-state index contributed by atoms with van der Waals surface area (Å²) in [5.74, 6) is -0.877. The predicted molar refractivity (Wildman–Crippen MR) is 121 cm³/mol. The van der Waals surface area contributed by atoms with E-state index in [2.05, 4.69) is 44.7 Å². The van der Waals surface area contributed by atoms with E-state index in [0.717, 1.165) is 24.3 Å². The summed E-state index contributed by atoms with van der Waals surface area (Å²) < 4.78 is 17.7. The SMILES string of the molecule is Cc1cn2cc(NC(=O)c3ccc(N4C[C@@H](C)N[C@@H](C)C4)c4c3nnn4C)cc(F)c2n1. The van der Waals surface area contributed by atoms with Gasteiger partial charge in [0.15, 0.2) is 11.5 Å². The monoisotopic (exact) mass is 436 g/mol. The molecule has 2 N–H and O–H groups in total. The molecular weight excluding hydrogens is 411 g/mol. The fraction of sp³-hybridized carbons (Fsp3) is 0.364. The minimum atomic E-state index is -0.502. The summed E-state index contributed by atoms with van der Waals surface area (Å²) in [5.41, 5.74) is 3.94. The zero-order valence-electron chi connectivity index (χ0n) is 18.4. The maximum atomic E-state index is 14.4. The molecule has 2 atom stereocenters. The first-order chi connectivity index (χ1) is 15.3. The van der Waals surface area contributed by atoms with Gasteiger partial charge in [-0.1, -0.05) is 5.21 Å². The number of amides is 1. The number of benzene rings is 1. The van der Waals surface area contributed by atoms with Gasteiger partial charge in [-0.2, -0.15) is 0 Å². The average Bonchev–Trinajstić information content (AvgIpc) is 3.29. The summed E-state index contributed by atoms with van der Waals surface area (Å²) in [5, 5.41) is 14.8. The Morgan fingerprint density at radius 1 is 1.22 bits per heavy atom. The lowest BCUT2D eigenvalue weighted by molar-refractivity contribution is 0.102. The van der Waals surface area contributed by atoms with Crippen molar-refractivity contribution >= 4 is 34.0 Å². The van der Waals surface area contributed by atoms with Gasteiger partial charge in [-0.15, -0.1) is 5.10 Å². The Hall–Kier alpha value is -3.53. The summed E-state index contributed by atoms with van der Waals surface area (Å²) in [4.78, 5) is 19.6. The average molecular weight is 436 g/mol. The van der Waals surface area contributed by atoms with Crippen LogP contribution in [0, 0.1) is 12.7 Å². The molecule has 3 aromatic heterocycles. The molecule has 10 heteroatoms. The number of carbonyl (C=O) groups is 1. The Morgan fingerprint density at radius 2 is 1.97 bits per heavy atom. The third-order valence-electron chi connectivity index (χ3n) is 5.76. The van der Waals surface area contributed by atoms with Crippen LogP contribution in [-0.4, -0.2) is 55.5 Å². The maximum Gasteiger partial charge on any atom is 0.258 e. The second-order valence-electron chi connectivity index (χ2n) is 8.56. The van der Waals surface area contributed by atoms with Gasteiger partial charge in [0.2, 0.25) is 0 Å². The van der Waals surface area contributed by atoms with Crippen LogP contribution in [0.1, 0.15) is 29.9 Å².